The van der Waals surface area contributed by atoms with E-state index in [2.05, 4.69) is 20.6 Å². The number of halogens is 1. The van der Waals surface area contributed by atoms with Crippen LogP contribution in [0.2, 0.25) is 5.02 Å². The minimum atomic E-state index is -0.162. The molecule has 2 N–H and O–H groups in total. The highest BCUT2D eigenvalue weighted by Crippen LogP contribution is 2.32. The summed E-state index contributed by atoms with van der Waals surface area (Å²) >= 11 is 6.15. The second-order valence-corrected chi connectivity index (χ2v) is 6.97. The summed E-state index contributed by atoms with van der Waals surface area (Å²) in [5.74, 6) is 1.50. The second kappa shape index (κ2) is 7.91. The molecule has 138 valence electrons. The van der Waals surface area contributed by atoms with E-state index in [0.29, 0.717) is 28.1 Å². The number of hydrogen-bond donors (Lipinski definition) is 2. The maximum absolute atomic E-state index is 12.5. The van der Waals surface area contributed by atoms with Crippen molar-refractivity contribution in [3.63, 3.8) is 0 Å². The topological polar surface area (TPSA) is 76.1 Å². The van der Waals surface area contributed by atoms with Gasteiger partial charge < -0.3 is 15.4 Å². The van der Waals surface area contributed by atoms with Gasteiger partial charge in [0, 0.05) is 23.2 Å². The Morgan fingerprint density at radius 2 is 1.92 bits per heavy atom. The Bertz CT molecular complexity index is 819. The highest BCUT2D eigenvalue weighted by atomic mass is 35.5. The third-order valence-electron chi connectivity index (χ3n) is 4.50. The lowest BCUT2D eigenvalue weighted by Gasteiger charge is -2.15. The Labute approximate surface area is 158 Å². The number of aryl methyl sites for hydroxylation is 2. The van der Waals surface area contributed by atoms with E-state index >= 15 is 0 Å². The summed E-state index contributed by atoms with van der Waals surface area (Å²) in [6.07, 6.45) is 4.39. The van der Waals surface area contributed by atoms with Gasteiger partial charge in [-0.1, -0.05) is 24.4 Å². The van der Waals surface area contributed by atoms with Crippen LogP contribution in [0.3, 0.4) is 0 Å². The lowest BCUT2D eigenvalue weighted by molar-refractivity contribution is 0.0932. The molecule has 3 rings (SSSR count). The molecular formula is C19H23ClN4O2. The zero-order valence-electron chi connectivity index (χ0n) is 15.2. The van der Waals surface area contributed by atoms with Gasteiger partial charge >= 0.3 is 0 Å². The van der Waals surface area contributed by atoms with E-state index < -0.39 is 0 Å². The molecule has 1 aromatic carbocycles. The Morgan fingerprint density at radius 3 is 2.62 bits per heavy atom. The highest BCUT2D eigenvalue weighted by molar-refractivity contribution is 6.31. The molecular weight excluding hydrogens is 352 g/mol. The van der Waals surface area contributed by atoms with Crippen LogP contribution >= 0.6 is 11.6 Å². The van der Waals surface area contributed by atoms with Crippen LogP contribution in [0, 0.1) is 13.8 Å². The van der Waals surface area contributed by atoms with Gasteiger partial charge in [-0.05, 0) is 38.3 Å². The molecule has 1 aliphatic rings. The van der Waals surface area contributed by atoms with Gasteiger partial charge in [-0.25, -0.2) is 9.97 Å². The van der Waals surface area contributed by atoms with Crippen molar-refractivity contribution < 1.29 is 9.53 Å². The molecule has 0 spiro atoms. The van der Waals surface area contributed by atoms with Crippen molar-refractivity contribution in [1.82, 2.24) is 15.3 Å². The molecule has 7 heteroatoms. The Hall–Kier alpha value is -2.34. The first-order chi connectivity index (χ1) is 12.5. The van der Waals surface area contributed by atoms with Crippen molar-refractivity contribution in [2.45, 2.75) is 45.6 Å². The number of nitrogens with zero attached hydrogens (tertiary/aromatic N) is 2. The smallest absolute Gasteiger partial charge is 0.270 e. The van der Waals surface area contributed by atoms with E-state index in [1.54, 1.807) is 26.2 Å². The molecule has 2 aromatic rings. The normalized spacial score (nSPS) is 14.3. The molecule has 1 saturated carbocycles. The summed E-state index contributed by atoms with van der Waals surface area (Å²) in [7, 11) is 1.58. The number of amides is 1. The molecule has 1 fully saturated rings. The third-order valence-corrected chi connectivity index (χ3v) is 4.91. The quantitative estimate of drug-likeness (QED) is 0.821. The van der Waals surface area contributed by atoms with E-state index in [1.807, 2.05) is 13.0 Å². The summed E-state index contributed by atoms with van der Waals surface area (Å²) in [4.78, 5) is 21.2. The average Bonchev–Trinajstić information content (AvgIpc) is 3.10. The number of rotatable bonds is 5. The molecule has 1 aliphatic carbocycles. The molecule has 0 aliphatic heterocycles. The van der Waals surface area contributed by atoms with Gasteiger partial charge in [0.1, 0.15) is 23.1 Å². The first-order valence-electron chi connectivity index (χ1n) is 8.74. The van der Waals surface area contributed by atoms with Crippen LogP contribution in [0.5, 0.6) is 5.75 Å². The van der Waals surface area contributed by atoms with E-state index in [1.165, 1.54) is 0 Å². The van der Waals surface area contributed by atoms with E-state index in [-0.39, 0.29) is 11.9 Å². The number of benzene rings is 1. The van der Waals surface area contributed by atoms with Crippen molar-refractivity contribution in [1.29, 1.82) is 0 Å². The molecule has 1 amide bonds. The van der Waals surface area contributed by atoms with Gasteiger partial charge in [-0.2, -0.15) is 0 Å². The van der Waals surface area contributed by atoms with Crippen LogP contribution < -0.4 is 15.4 Å². The fraction of sp³-hybridized carbons (Fsp3) is 0.421. The molecule has 0 unspecified atom stereocenters. The van der Waals surface area contributed by atoms with Crippen molar-refractivity contribution >= 4 is 29.0 Å². The Kier molecular flexibility index (Phi) is 5.61. The average molecular weight is 375 g/mol. The van der Waals surface area contributed by atoms with Crippen molar-refractivity contribution in [2.24, 2.45) is 0 Å². The minimum Gasteiger partial charge on any atom is -0.495 e. The predicted molar refractivity (Wildman–Crippen MR) is 103 cm³/mol. The number of carbonyl (C=O) groups is 1. The summed E-state index contributed by atoms with van der Waals surface area (Å²) in [5, 5.41) is 6.89. The lowest BCUT2D eigenvalue weighted by Crippen LogP contribution is -2.33. The third kappa shape index (κ3) is 4.25. The van der Waals surface area contributed by atoms with Gasteiger partial charge in [0.2, 0.25) is 0 Å². The van der Waals surface area contributed by atoms with Crippen molar-refractivity contribution in [3.05, 3.63) is 40.3 Å². The Morgan fingerprint density at radius 1 is 1.19 bits per heavy atom. The van der Waals surface area contributed by atoms with E-state index in [4.69, 9.17) is 16.3 Å². The zero-order valence-corrected chi connectivity index (χ0v) is 16.0. The standard InChI is InChI=1S/C19H23ClN4O2/c1-11-8-15(17(26-3)9-14(11)20)24-18-10-16(21-12(2)22-18)19(25)23-13-6-4-5-7-13/h8-10,13H,4-7H2,1-3H3,(H,23,25)(H,21,22,24). The van der Waals surface area contributed by atoms with Crippen LogP contribution in [0.4, 0.5) is 11.5 Å². The molecule has 1 aromatic heterocycles. The fourth-order valence-electron chi connectivity index (χ4n) is 3.15. The first kappa shape index (κ1) is 18.5. The summed E-state index contributed by atoms with van der Waals surface area (Å²) in [6.45, 7) is 3.68. The number of methoxy groups -OCH3 is 1. The first-order valence-corrected chi connectivity index (χ1v) is 9.12. The molecule has 26 heavy (non-hydrogen) atoms. The molecule has 1 heterocycles. The molecule has 0 radical (unpaired) electrons. The zero-order chi connectivity index (χ0) is 18.7. The number of carbonyl (C=O) groups excluding carboxylic acids is 1. The number of hydrogen-bond acceptors (Lipinski definition) is 5. The van der Waals surface area contributed by atoms with Gasteiger partial charge in [0.15, 0.2) is 0 Å². The predicted octanol–water partition coefficient (Wildman–Crippen LogP) is 4.17. The van der Waals surface area contributed by atoms with Crippen LogP contribution in [0.25, 0.3) is 0 Å². The molecule has 0 saturated heterocycles. The highest BCUT2D eigenvalue weighted by Gasteiger charge is 2.19. The maximum Gasteiger partial charge on any atom is 0.270 e. The number of anilines is 2. The van der Waals surface area contributed by atoms with Gasteiger partial charge in [-0.15, -0.1) is 0 Å². The van der Waals surface area contributed by atoms with E-state index in [0.717, 1.165) is 36.9 Å². The van der Waals surface area contributed by atoms with Crippen LogP contribution in [0.15, 0.2) is 18.2 Å². The molecule has 6 nitrogen and oxygen atoms in total. The van der Waals surface area contributed by atoms with Gasteiger partial charge in [0.05, 0.1) is 12.8 Å². The second-order valence-electron chi connectivity index (χ2n) is 6.57. The number of ether oxygens (including phenoxy) is 1. The summed E-state index contributed by atoms with van der Waals surface area (Å²) < 4.78 is 5.38. The van der Waals surface area contributed by atoms with E-state index in [9.17, 15) is 4.79 Å². The fourth-order valence-corrected chi connectivity index (χ4v) is 3.30. The van der Waals surface area contributed by atoms with Crippen molar-refractivity contribution in [2.75, 3.05) is 12.4 Å². The minimum absolute atomic E-state index is 0.162. The largest absolute Gasteiger partial charge is 0.495 e. The molecule has 0 atom stereocenters. The van der Waals surface area contributed by atoms with Crippen LogP contribution in [-0.2, 0) is 0 Å². The number of aromatic nitrogens is 2. The lowest BCUT2D eigenvalue weighted by atomic mass is 10.2. The van der Waals surface area contributed by atoms with Crippen molar-refractivity contribution in [3.8, 4) is 5.75 Å². The summed E-state index contributed by atoms with van der Waals surface area (Å²) in [5.41, 5.74) is 2.01. The molecule has 0 bridgehead atoms. The number of nitrogens with one attached hydrogen (secondary N) is 2. The van der Waals surface area contributed by atoms with Gasteiger partial charge in [-0.3, -0.25) is 4.79 Å². The SMILES string of the molecule is COc1cc(Cl)c(C)cc1Nc1cc(C(=O)NC2CCCC2)nc(C)n1. The maximum atomic E-state index is 12.5. The monoisotopic (exact) mass is 374 g/mol. The van der Waals surface area contributed by atoms with Crippen LogP contribution in [-0.4, -0.2) is 29.0 Å². The summed E-state index contributed by atoms with van der Waals surface area (Å²) in [6, 6.07) is 5.53. The van der Waals surface area contributed by atoms with Gasteiger partial charge in [0.25, 0.3) is 5.91 Å². The van der Waals surface area contributed by atoms with Crippen LogP contribution in [0.1, 0.15) is 47.6 Å². The Balaban J connectivity index is 1.83.